The summed E-state index contributed by atoms with van der Waals surface area (Å²) in [6.45, 7) is 2.41. The molecule has 0 saturated carbocycles. The molecule has 1 saturated heterocycles. The van der Waals surface area contributed by atoms with Crippen molar-refractivity contribution in [3.63, 3.8) is 0 Å². The summed E-state index contributed by atoms with van der Waals surface area (Å²) in [6.07, 6.45) is 2.07. The van der Waals surface area contributed by atoms with Crippen LogP contribution in [0.15, 0.2) is 24.3 Å². The molecule has 0 spiro atoms. The highest BCUT2D eigenvalue weighted by atomic mass is 16.5. The van der Waals surface area contributed by atoms with Gasteiger partial charge in [0.25, 0.3) is 5.91 Å². The van der Waals surface area contributed by atoms with Crippen molar-refractivity contribution >= 4 is 11.6 Å². The molecule has 1 aliphatic rings. The van der Waals surface area contributed by atoms with E-state index in [4.69, 9.17) is 10.6 Å². The van der Waals surface area contributed by atoms with Gasteiger partial charge in [-0.05, 0) is 43.0 Å². The van der Waals surface area contributed by atoms with Crippen LogP contribution in [-0.2, 0) is 4.74 Å². The van der Waals surface area contributed by atoms with Gasteiger partial charge >= 0.3 is 0 Å². The van der Waals surface area contributed by atoms with Crippen LogP contribution in [0, 0.1) is 5.92 Å². The molecule has 5 nitrogen and oxygen atoms in total. The molecule has 1 aliphatic heterocycles. The maximum atomic E-state index is 12.3. The summed E-state index contributed by atoms with van der Waals surface area (Å²) in [4.78, 5) is 14.1. The van der Waals surface area contributed by atoms with E-state index in [1.807, 2.05) is 7.05 Å². The van der Waals surface area contributed by atoms with Crippen molar-refractivity contribution in [2.45, 2.75) is 12.8 Å². The standard InChI is InChI=1S/C14H21N3O2/c1-17(10-11-6-8-19-9-7-11)14(18)12-2-4-13(16-15)5-3-12/h2-5,11,16H,6-10,15H2,1H3. The van der Waals surface area contributed by atoms with Crippen molar-refractivity contribution in [3.05, 3.63) is 29.8 Å². The Kier molecular flexibility index (Phi) is 4.76. The highest BCUT2D eigenvalue weighted by molar-refractivity contribution is 5.94. The first-order valence-electron chi connectivity index (χ1n) is 6.60. The Labute approximate surface area is 113 Å². The minimum absolute atomic E-state index is 0.0510. The van der Waals surface area contributed by atoms with Crippen LogP contribution in [0.5, 0.6) is 0 Å². The first-order chi connectivity index (χ1) is 9.20. The number of nitrogens with two attached hydrogens (primary N) is 1. The lowest BCUT2D eigenvalue weighted by Gasteiger charge is -2.27. The lowest BCUT2D eigenvalue weighted by Crippen LogP contribution is -2.34. The SMILES string of the molecule is CN(CC1CCOCC1)C(=O)c1ccc(NN)cc1. The number of anilines is 1. The number of nitrogens with one attached hydrogen (secondary N) is 1. The van der Waals surface area contributed by atoms with E-state index < -0.39 is 0 Å². The number of hydrogen-bond donors (Lipinski definition) is 2. The molecule has 104 valence electrons. The molecule has 0 atom stereocenters. The van der Waals surface area contributed by atoms with Crippen molar-refractivity contribution in [2.24, 2.45) is 11.8 Å². The molecule has 0 unspecified atom stereocenters. The molecule has 1 aromatic rings. The van der Waals surface area contributed by atoms with Crippen LogP contribution in [0.2, 0.25) is 0 Å². The fourth-order valence-electron chi connectivity index (χ4n) is 2.33. The van der Waals surface area contributed by atoms with E-state index in [1.165, 1.54) is 0 Å². The zero-order chi connectivity index (χ0) is 13.7. The molecule has 0 bridgehead atoms. The van der Waals surface area contributed by atoms with Gasteiger partial charge in [0.05, 0.1) is 0 Å². The van der Waals surface area contributed by atoms with E-state index in [0.29, 0.717) is 11.5 Å². The smallest absolute Gasteiger partial charge is 0.253 e. The molecule has 0 aromatic heterocycles. The van der Waals surface area contributed by atoms with Gasteiger partial charge in [-0.25, -0.2) is 0 Å². The van der Waals surface area contributed by atoms with Crippen molar-refractivity contribution < 1.29 is 9.53 Å². The van der Waals surface area contributed by atoms with Crippen LogP contribution in [0.25, 0.3) is 0 Å². The third-order valence-corrected chi connectivity index (χ3v) is 3.52. The van der Waals surface area contributed by atoms with Crippen molar-refractivity contribution in [2.75, 3.05) is 32.2 Å². The largest absolute Gasteiger partial charge is 0.381 e. The molecule has 1 amide bonds. The Morgan fingerprint density at radius 1 is 1.37 bits per heavy atom. The second-order valence-corrected chi connectivity index (χ2v) is 4.96. The monoisotopic (exact) mass is 263 g/mol. The molecule has 1 aromatic carbocycles. The van der Waals surface area contributed by atoms with Crippen LogP contribution in [0.4, 0.5) is 5.69 Å². The topological polar surface area (TPSA) is 67.6 Å². The molecule has 0 aliphatic carbocycles. The summed E-state index contributed by atoms with van der Waals surface area (Å²) in [5.74, 6) is 5.90. The van der Waals surface area contributed by atoms with Crippen LogP contribution >= 0.6 is 0 Å². The molecule has 5 heteroatoms. The number of carbonyl (C=O) groups is 1. The van der Waals surface area contributed by atoms with Gasteiger partial charge in [-0.3, -0.25) is 10.6 Å². The van der Waals surface area contributed by atoms with Crippen molar-refractivity contribution in [1.29, 1.82) is 0 Å². The maximum absolute atomic E-state index is 12.3. The van der Waals surface area contributed by atoms with E-state index in [-0.39, 0.29) is 5.91 Å². The van der Waals surface area contributed by atoms with Gasteiger partial charge in [0.15, 0.2) is 0 Å². The van der Waals surface area contributed by atoms with Crippen LogP contribution < -0.4 is 11.3 Å². The third kappa shape index (κ3) is 3.68. The minimum atomic E-state index is 0.0510. The van der Waals surface area contributed by atoms with Gasteiger partial charge in [-0.1, -0.05) is 0 Å². The fourth-order valence-corrected chi connectivity index (χ4v) is 2.33. The predicted octanol–water partition coefficient (Wildman–Crippen LogP) is 1.47. The summed E-state index contributed by atoms with van der Waals surface area (Å²) in [6, 6.07) is 7.18. The van der Waals surface area contributed by atoms with Gasteiger partial charge in [0, 0.05) is 38.1 Å². The molecule has 1 fully saturated rings. The molecular formula is C14H21N3O2. The normalized spacial score (nSPS) is 16.1. The van der Waals surface area contributed by atoms with Crippen LogP contribution in [0.1, 0.15) is 23.2 Å². The number of carbonyl (C=O) groups excluding carboxylic acids is 1. The Bertz CT molecular complexity index is 413. The minimum Gasteiger partial charge on any atom is -0.381 e. The van der Waals surface area contributed by atoms with E-state index >= 15 is 0 Å². The second-order valence-electron chi connectivity index (χ2n) is 4.96. The highest BCUT2D eigenvalue weighted by Gasteiger charge is 2.19. The Morgan fingerprint density at radius 3 is 2.58 bits per heavy atom. The van der Waals surface area contributed by atoms with Gasteiger partial charge < -0.3 is 15.1 Å². The summed E-state index contributed by atoms with van der Waals surface area (Å²) in [5.41, 5.74) is 4.03. The number of benzene rings is 1. The Hall–Kier alpha value is -1.59. The summed E-state index contributed by atoms with van der Waals surface area (Å²) in [7, 11) is 1.85. The molecular weight excluding hydrogens is 242 g/mol. The van der Waals surface area contributed by atoms with Gasteiger partial charge in [0.1, 0.15) is 0 Å². The van der Waals surface area contributed by atoms with Gasteiger partial charge in [-0.2, -0.15) is 0 Å². The van der Waals surface area contributed by atoms with E-state index in [1.54, 1.807) is 29.2 Å². The Morgan fingerprint density at radius 2 is 2.00 bits per heavy atom. The first kappa shape index (κ1) is 13.8. The zero-order valence-corrected chi connectivity index (χ0v) is 11.3. The molecule has 19 heavy (non-hydrogen) atoms. The maximum Gasteiger partial charge on any atom is 0.253 e. The fraction of sp³-hybridized carbons (Fsp3) is 0.500. The summed E-state index contributed by atoms with van der Waals surface area (Å²) >= 11 is 0. The average Bonchev–Trinajstić information content (AvgIpc) is 2.47. The van der Waals surface area contributed by atoms with Crippen LogP contribution in [0.3, 0.4) is 0 Å². The van der Waals surface area contributed by atoms with Gasteiger partial charge in [-0.15, -0.1) is 0 Å². The molecule has 3 N–H and O–H groups in total. The first-order valence-corrected chi connectivity index (χ1v) is 6.60. The van der Waals surface area contributed by atoms with E-state index in [9.17, 15) is 4.79 Å². The lowest BCUT2D eigenvalue weighted by molar-refractivity contribution is 0.0497. The van der Waals surface area contributed by atoms with Crippen LogP contribution in [-0.4, -0.2) is 37.6 Å². The van der Waals surface area contributed by atoms with Crippen molar-refractivity contribution in [3.8, 4) is 0 Å². The predicted molar refractivity (Wildman–Crippen MR) is 74.8 cm³/mol. The number of amides is 1. The Balaban J connectivity index is 1.93. The van der Waals surface area contributed by atoms with E-state index in [2.05, 4.69) is 5.43 Å². The molecule has 1 heterocycles. The quantitative estimate of drug-likeness (QED) is 0.637. The van der Waals surface area contributed by atoms with E-state index in [0.717, 1.165) is 38.3 Å². The number of nitrogen functional groups attached to an aromatic ring is 1. The second kappa shape index (κ2) is 6.54. The number of hydrogen-bond acceptors (Lipinski definition) is 4. The van der Waals surface area contributed by atoms with Crippen molar-refractivity contribution in [1.82, 2.24) is 4.90 Å². The number of nitrogens with zero attached hydrogens (tertiary/aromatic N) is 1. The number of hydrazine groups is 1. The zero-order valence-electron chi connectivity index (χ0n) is 11.3. The summed E-state index contributed by atoms with van der Waals surface area (Å²) < 4.78 is 5.33. The van der Waals surface area contributed by atoms with Gasteiger partial charge in [0.2, 0.25) is 0 Å². The molecule has 2 rings (SSSR count). The summed E-state index contributed by atoms with van der Waals surface area (Å²) in [5, 5.41) is 0. The lowest BCUT2D eigenvalue weighted by atomic mass is 9.99. The molecule has 0 radical (unpaired) electrons. The highest BCUT2D eigenvalue weighted by Crippen LogP contribution is 2.17. The third-order valence-electron chi connectivity index (χ3n) is 3.52. The number of ether oxygens (including phenoxy) is 1. The average molecular weight is 263 g/mol. The number of rotatable bonds is 4.